The smallest absolute Gasteiger partial charge is 0.292 e. The Hall–Kier alpha value is -4.71. The van der Waals surface area contributed by atoms with Crippen LogP contribution in [-0.4, -0.2) is 37.1 Å². The molecule has 0 fully saturated rings. The SMILES string of the molecule is C/C=C\C.C=C/C(=C\C=C/C)COc1ccc(-c2ccc(C(=O)NC(C)Cc3ccccc3)cc2)cn1.CC.COC=O. The van der Waals surface area contributed by atoms with E-state index in [4.69, 9.17) is 9.53 Å². The van der Waals surface area contributed by atoms with E-state index in [9.17, 15) is 4.79 Å². The van der Waals surface area contributed by atoms with Gasteiger partial charge in [0, 0.05) is 29.4 Å². The summed E-state index contributed by atoms with van der Waals surface area (Å²) in [7, 11) is 1.31. The number of carbonyl (C=O) groups is 2. The molecule has 1 unspecified atom stereocenters. The Morgan fingerprint density at radius 1 is 0.930 bits per heavy atom. The molecule has 0 aliphatic carbocycles. The van der Waals surface area contributed by atoms with E-state index in [1.54, 1.807) is 12.3 Å². The minimum absolute atomic E-state index is 0.0470. The molecule has 1 aromatic heterocycles. The van der Waals surface area contributed by atoms with Gasteiger partial charge in [0.15, 0.2) is 0 Å². The van der Waals surface area contributed by atoms with Gasteiger partial charge in [0.2, 0.25) is 5.88 Å². The maximum absolute atomic E-state index is 12.6. The number of nitrogens with one attached hydrogen (secondary N) is 1. The van der Waals surface area contributed by atoms with E-state index in [0.717, 1.165) is 23.1 Å². The molecule has 1 amide bonds. The topological polar surface area (TPSA) is 77.5 Å². The van der Waals surface area contributed by atoms with Gasteiger partial charge in [-0.1, -0.05) is 99.3 Å². The zero-order chi connectivity index (χ0) is 32.3. The molecule has 43 heavy (non-hydrogen) atoms. The Kier molecular flexibility index (Phi) is 22.3. The van der Waals surface area contributed by atoms with Crippen molar-refractivity contribution in [1.82, 2.24) is 10.3 Å². The number of nitrogens with zero attached hydrogens (tertiary/aromatic N) is 1. The highest BCUT2D eigenvalue weighted by molar-refractivity contribution is 5.94. The van der Waals surface area contributed by atoms with Gasteiger partial charge < -0.3 is 14.8 Å². The van der Waals surface area contributed by atoms with E-state index >= 15 is 0 Å². The Labute approximate surface area is 258 Å². The third-order valence-electron chi connectivity index (χ3n) is 5.56. The zero-order valence-electron chi connectivity index (χ0n) is 26.7. The summed E-state index contributed by atoms with van der Waals surface area (Å²) in [6, 6.07) is 21.6. The number of carbonyl (C=O) groups excluding carboxylic acids is 2. The number of allylic oxidation sites excluding steroid dienone is 5. The second-order valence-corrected chi connectivity index (χ2v) is 8.79. The Bertz CT molecular complexity index is 1240. The molecule has 1 heterocycles. The molecule has 0 spiro atoms. The fourth-order valence-electron chi connectivity index (χ4n) is 3.33. The number of rotatable bonds is 11. The van der Waals surface area contributed by atoms with Gasteiger partial charge in [-0.25, -0.2) is 4.98 Å². The average molecular weight is 585 g/mol. The molecule has 0 aliphatic rings. The molecule has 1 atom stereocenters. The number of pyridine rings is 1. The summed E-state index contributed by atoms with van der Waals surface area (Å²) >= 11 is 0. The van der Waals surface area contributed by atoms with Crippen LogP contribution in [0.1, 0.15) is 57.5 Å². The molecular weight excluding hydrogens is 536 g/mol. The second-order valence-electron chi connectivity index (χ2n) is 8.79. The molecular formula is C37H48N2O4. The highest BCUT2D eigenvalue weighted by Crippen LogP contribution is 2.21. The van der Waals surface area contributed by atoms with Crippen molar-refractivity contribution in [2.75, 3.05) is 13.7 Å². The van der Waals surface area contributed by atoms with Crippen molar-refractivity contribution < 1.29 is 19.1 Å². The van der Waals surface area contributed by atoms with E-state index in [1.165, 1.54) is 12.7 Å². The fraction of sp³-hybridized carbons (Fsp3) is 0.270. The van der Waals surface area contributed by atoms with Crippen LogP contribution in [0.25, 0.3) is 11.1 Å². The largest absolute Gasteiger partial charge is 0.473 e. The van der Waals surface area contributed by atoms with Gasteiger partial charge in [0.05, 0.1) is 7.11 Å². The Morgan fingerprint density at radius 3 is 2.02 bits per heavy atom. The van der Waals surface area contributed by atoms with Gasteiger partial charge in [-0.2, -0.15) is 0 Å². The zero-order valence-corrected chi connectivity index (χ0v) is 26.7. The summed E-state index contributed by atoms with van der Waals surface area (Å²) in [6.45, 7) is 16.6. The van der Waals surface area contributed by atoms with Crippen molar-refractivity contribution >= 4 is 12.4 Å². The highest BCUT2D eigenvalue weighted by Gasteiger charge is 2.11. The quantitative estimate of drug-likeness (QED) is 0.139. The summed E-state index contributed by atoms with van der Waals surface area (Å²) in [5.41, 5.74) is 4.76. The van der Waals surface area contributed by atoms with Gasteiger partial charge >= 0.3 is 0 Å². The highest BCUT2D eigenvalue weighted by atomic mass is 16.5. The van der Waals surface area contributed by atoms with Crippen LogP contribution in [0.3, 0.4) is 0 Å². The third kappa shape index (κ3) is 17.0. The monoisotopic (exact) mass is 584 g/mol. The molecule has 3 rings (SSSR count). The maximum Gasteiger partial charge on any atom is 0.292 e. The second kappa shape index (κ2) is 25.0. The third-order valence-corrected chi connectivity index (χ3v) is 5.56. The van der Waals surface area contributed by atoms with Crippen molar-refractivity contribution in [3.05, 3.63) is 133 Å². The number of ether oxygens (including phenoxy) is 2. The predicted molar refractivity (Wildman–Crippen MR) is 180 cm³/mol. The van der Waals surface area contributed by atoms with Crippen molar-refractivity contribution in [2.45, 2.75) is 54.0 Å². The van der Waals surface area contributed by atoms with Crippen molar-refractivity contribution in [1.29, 1.82) is 0 Å². The molecule has 0 saturated carbocycles. The van der Waals surface area contributed by atoms with Crippen LogP contribution in [0.5, 0.6) is 5.88 Å². The first-order valence-corrected chi connectivity index (χ1v) is 14.4. The standard InChI is InChI=1S/C29H30N2O2.C4H8.C2H4O2.C2H6/c1-4-6-10-23(5-2)21-33-28-18-17-27(20-30-28)25-13-15-26(16-14-25)29(32)31-22(3)19-24-11-8-7-9-12-24;1-3-4-2;1-4-2-3;1-2/h4-18,20,22H,2,19,21H2,1,3H3,(H,31,32);3-4H,1-2H3;2H,1H3;1-2H3/b6-4-,23-10+;4-3-;;. The van der Waals surface area contributed by atoms with Crippen LogP contribution >= 0.6 is 0 Å². The van der Waals surface area contributed by atoms with E-state index in [-0.39, 0.29) is 11.9 Å². The first-order chi connectivity index (χ1) is 20.9. The molecule has 0 bridgehead atoms. The van der Waals surface area contributed by atoms with Crippen molar-refractivity contribution in [2.24, 2.45) is 0 Å². The number of hydrogen-bond donors (Lipinski definition) is 1. The van der Waals surface area contributed by atoms with E-state index in [0.29, 0.717) is 24.5 Å². The lowest BCUT2D eigenvalue weighted by atomic mass is 10.0. The molecule has 6 nitrogen and oxygen atoms in total. The van der Waals surface area contributed by atoms with Crippen molar-refractivity contribution in [3.63, 3.8) is 0 Å². The summed E-state index contributed by atoms with van der Waals surface area (Å²) in [5.74, 6) is 0.478. The van der Waals surface area contributed by atoms with Crippen LogP contribution in [0.15, 0.2) is 122 Å². The van der Waals surface area contributed by atoms with Gasteiger partial charge in [-0.05, 0) is 69.0 Å². The molecule has 1 N–H and O–H groups in total. The molecule has 3 aromatic rings. The first kappa shape index (κ1) is 38.3. The number of methoxy groups -OCH3 is 1. The van der Waals surface area contributed by atoms with Crippen LogP contribution in [0.4, 0.5) is 0 Å². The molecule has 6 heteroatoms. The lowest BCUT2D eigenvalue weighted by Crippen LogP contribution is -2.34. The molecule has 0 saturated heterocycles. The van der Waals surface area contributed by atoms with Gasteiger partial charge in [-0.3, -0.25) is 9.59 Å². The fourth-order valence-corrected chi connectivity index (χ4v) is 3.33. The van der Waals surface area contributed by atoms with Crippen LogP contribution in [-0.2, 0) is 16.0 Å². The Balaban J connectivity index is 0.00000154. The van der Waals surface area contributed by atoms with E-state index in [2.05, 4.69) is 33.7 Å². The van der Waals surface area contributed by atoms with Crippen LogP contribution in [0, 0.1) is 0 Å². The minimum atomic E-state index is -0.0733. The number of benzene rings is 2. The Morgan fingerprint density at radius 2 is 1.53 bits per heavy atom. The molecule has 230 valence electrons. The number of amides is 1. The lowest BCUT2D eigenvalue weighted by molar-refractivity contribution is -0.126. The summed E-state index contributed by atoms with van der Waals surface area (Å²) in [6.07, 6.45) is 14.2. The molecule has 0 aliphatic heterocycles. The number of hydrogen-bond acceptors (Lipinski definition) is 5. The van der Waals surface area contributed by atoms with Crippen LogP contribution in [0.2, 0.25) is 0 Å². The summed E-state index contributed by atoms with van der Waals surface area (Å²) < 4.78 is 9.60. The van der Waals surface area contributed by atoms with Gasteiger partial charge in [0.25, 0.3) is 12.4 Å². The van der Waals surface area contributed by atoms with Crippen LogP contribution < -0.4 is 10.1 Å². The van der Waals surface area contributed by atoms with Crippen molar-refractivity contribution in [3.8, 4) is 17.0 Å². The molecule has 2 aromatic carbocycles. The maximum atomic E-state index is 12.6. The van der Waals surface area contributed by atoms with E-state index in [1.807, 2.05) is 127 Å². The van der Waals surface area contributed by atoms with E-state index < -0.39 is 0 Å². The molecule has 0 radical (unpaired) electrons. The summed E-state index contributed by atoms with van der Waals surface area (Å²) in [4.78, 5) is 25.9. The minimum Gasteiger partial charge on any atom is -0.473 e. The average Bonchev–Trinajstić information content (AvgIpc) is 3.06. The lowest BCUT2D eigenvalue weighted by Gasteiger charge is -2.14. The summed E-state index contributed by atoms with van der Waals surface area (Å²) in [5, 5.41) is 3.07. The number of aromatic nitrogens is 1. The van der Waals surface area contributed by atoms with Gasteiger partial charge in [-0.15, -0.1) is 0 Å². The normalized spacial score (nSPS) is 11.0. The van der Waals surface area contributed by atoms with Gasteiger partial charge in [0.1, 0.15) is 6.61 Å². The predicted octanol–water partition coefficient (Wildman–Crippen LogP) is 8.57. The first-order valence-electron chi connectivity index (χ1n) is 14.4.